The van der Waals surface area contributed by atoms with Crippen LogP contribution in [0.5, 0.6) is 0 Å². The Labute approximate surface area is 115 Å². The molecule has 19 heavy (non-hydrogen) atoms. The van der Waals surface area contributed by atoms with Crippen LogP contribution in [-0.2, 0) is 0 Å². The molecular weight excluding hydrogens is 241 g/mol. The SMILES string of the molecule is C[C@H](N)c1c(F)cccc1N(C)CC1CCN(C)C1. The summed E-state index contributed by atoms with van der Waals surface area (Å²) >= 11 is 0. The number of nitrogens with zero attached hydrogens (tertiary/aromatic N) is 2. The van der Waals surface area contributed by atoms with E-state index in [1.54, 1.807) is 6.07 Å². The van der Waals surface area contributed by atoms with Crippen molar-refractivity contribution in [1.29, 1.82) is 0 Å². The highest BCUT2D eigenvalue weighted by Gasteiger charge is 2.22. The van der Waals surface area contributed by atoms with Crippen LogP contribution in [0.15, 0.2) is 18.2 Å². The summed E-state index contributed by atoms with van der Waals surface area (Å²) in [5.41, 5.74) is 7.45. The second-order valence-corrected chi connectivity index (χ2v) is 5.76. The third-order valence-electron chi connectivity index (χ3n) is 3.92. The van der Waals surface area contributed by atoms with Gasteiger partial charge in [-0.15, -0.1) is 0 Å². The van der Waals surface area contributed by atoms with Gasteiger partial charge in [0.05, 0.1) is 0 Å². The predicted octanol–water partition coefficient (Wildman–Crippen LogP) is 2.23. The third-order valence-corrected chi connectivity index (χ3v) is 3.92. The minimum Gasteiger partial charge on any atom is -0.374 e. The van der Waals surface area contributed by atoms with Crippen molar-refractivity contribution >= 4 is 5.69 Å². The predicted molar refractivity (Wildman–Crippen MR) is 77.9 cm³/mol. The van der Waals surface area contributed by atoms with Gasteiger partial charge < -0.3 is 15.5 Å². The van der Waals surface area contributed by atoms with Crippen LogP contribution in [0.4, 0.5) is 10.1 Å². The van der Waals surface area contributed by atoms with Gasteiger partial charge >= 0.3 is 0 Å². The first kappa shape index (κ1) is 14.3. The smallest absolute Gasteiger partial charge is 0.130 e. The summed E-state index contributed by atoms with van der Waals surface area (Å²) in [6.45, 7) is 5.06. The average Bonchev–Trinajstić information content (AvgIpc) is 2.73. The first-order valence-electron chi connectivity index (χ1n) is 6.92. The summed E-state index contributed by atoms with van der Waals surface area (Å²) in [5.74, 6) is 0.446. The van der Waals surface area contributed by atoms with Crippen molar-refractivity contribution in [3.8, 4) is 0 Å². The fourth-order valence-corrected chi connectivity index (χ4v) is 2.97. The monoisotopic (exact) mass is 265 g/mol. The number of hydrogen-bond acceptors (Lipinski definition) is 3. The zero-order valence-electron chi connectivity index (χ0n) is 12.1. The molecule has 3 nitrogen and oxygen atoms in total. The number of anilines is 1. The molecule has 1 aromatic carbocycles. The number of rotatable bonds is 4. The Kier molecular flexibility index (Phi) is 4.42. The van der Waals surface area contributed by atoms with Gasteiger partial charge in [-0.1, -0.05) is 6.07 Å². The normalized spacial score (nSPS) is 21.6. The Morgan fingerprint density at radius 1 is 1.53 bits per heavy atom. The maximum atomic E-state index is 13.9. The summed E-state index contributed by atoms with van der Waals surface area (Å²) in [7, 11) is 4.18. The Morgan fingerprint density at radius 3 is 2.84 bits per heavy atom. The van der Waals surface area contributed by atoms with Gasteiger partial charge in [0.1, 0.15) is 5.82 Å². The van der Waals surface area contributed by atoms with Crippen LogP contribution in [0.1, 0.15) is 24.9 Å². The van der Waals surface area contributed by atoms with E-state index in [1.165, 1.54) is 12.5 Å². The van der Waals surface area contributed by atoms with Gasteiger partial charge in [-0.2, -0.15) is 0 Å². The standard InChI is InChI=1S/C15H24FN3/c1-11(17)15-13(16)5-4-6-14(15)19(3)10-12-7-8-18(2)9-12/h4-6,11-12H,7-10,17H2,1-3H3/t11-,12?/m0/s1. The lowest BCUT2D eigenvalue weighted by Crippen LogP contribution is -2.29. The van der Waals surface area contributed by atoms with E-state index in [9.17, 15) is 4.39 Å². The molecule has 0 amide bonds. The molecule has 2 rings (SSSR count). The van der Waals surface area contributed by atoms with Gasteiger partial charge in [-0.25, -0.2) is 4.39 Å². The van der Waals surface area contributed by atoms with E-state index < -0.39 is 0 Å². The van der Waals surface area contributed by atoms with Crippen molar-refractivity contribution in [2.24, 2.45) is 11.7 Å². The molecule has 4 heteroatoms. The van der Waals surface area contributed by atoms with Crippen LogP contribution in [0, 0.1) is 11.7 Å². The number of halogens is 1. The Hall–Kier alpha value is -1.13. The maximum Gasteiger partial charge on any atom is 0.130 e. The molecule has 2 N–H and O–H groups in total. The van der Waals surface area contributed by atoms with Gasteiger partial charge in [0.2, 0.25) is 0 Å². The van der Waals surface area contributed by atoms with Crippen LogP contribution in [-0.4, -0.2) is 38.6 Å². The molecule has 2 atom stereocenters. The molecule has 0 saturated carbocycles. The topological polar surface area (TPSA) is 32.5 Å². The van der Waals surface area contributed by atoms with E-state index in [1.807, 2.05) is 20.0 Å². The second kappa shape index (κ2) is 5.88. The largest absolute Gasteiger partial charge is 0.374 e. The molecule has 1 saturated heterocycles. The second-order valence-electron chi connectivity index (χ2n) is 5.76. The molecule has 0 radical (unpaired) electrons. The third kappa shape index (κ3) is 3.25. The number of nitrogens with two attached hydrogens (primary N) is 1. The number of benzene rings is 1. The van der Waals surface area contributed by atoms with Crippen molar-refractivity contribution in [1.82, 2.24) is 4.90 Å². The lowest BCUT2D eigenvalue weighted by Gasteiger charge is -2.27. The summed E-state index contributed by atoms with van der Waals surface area (Å²) in [6.07, 6.45) is 1.21. The summed E-state index contributed by atoms with van der Waals surface area (Å²) in [6, 6.07) is 4.91. The zero-order chi connectivity index (χ0) is 14.0. The minimum atomic E-state index is -0.287. The van der Waals surface area contributed by atoms with Crippen molar-refractivity contribution in [3.63, 3.8) is 0 Å². The average molecular weight is 265 g/mol. The van der Waals surface area contributed by atoms with Gasteiger partial charge in [0.25, 0.3) is 0 Å². The molecule has 0 aliphatic carbocycles. The molecule has 1 heterocycles. The summed E-state index contributed by atoms with van der Waals surface area (Å²) < 4.78 is 13.9. The molecule has 1 aromatic rings. The Bertz CT molecular complexity index is 433. The van der Waals surface area contributed by atoms with Crippen LogP contribution in [0.3, 0.4) is 0 Å². The Balaban J connectivity index is 2.14. The Morgan fingerprint density at radius 2 is 2.26 bits per heavy atom. The highest BCUT2D eigenvalue weighted by atomic mass is 19.1. The quantitative estimate of drug-likeness (QED) is 0.906. The summed E-state index contributed by atoms with van der Waals surface area (Å²) in [4.78, 5) is 4.49. The van der Waals surface area contributed by atoms with Gasteiger partial charge in [-0.3, -0.25) is 0 Å². The van der Waals surface area contributed by atoms with E-state index in [4.69, 9.17) is 5.73 Å². The van der Waals surface area contributed by atoms with E-state index >= 15 is 0 Å². The fourth-order valence-electron chi connectivity index (χ4n) is 2.97. The first-order valence-corrected chi connectivity index (χ1v) is 6.92. The van der Waals surface area contributed by atoms with Crippen LogP contribution in [0.2, 0.25) is 0 Å². The zero-order valence-corrected chi connectivity index (χ0v) is 12.1. The van der Waals surface area contributed by atoms with E-state index in [0.29, 0.717) is 11.5 Å². The molecule has 1 unspecified atom stereocenters. The molecular formula is C15H24FN3. The van der Waals surface area contributed by atoms with Gasteiger partial charge in [-0.05, 0) is 45.0 Å². The van der Waals surface area contributed by atoms with Gasteiger partial charge in [0.15, 0.2) is 0 Å². The first-order chi connectivity index (χ1) is 8.99. The fraction of sp³-hybridized carbons (Fsp3) is 0.600. The van der Waals surface area contributed by atoms with Gasteiger partial charge in [0, 0.05) is 37.4 Å². The molecule has 0 aromatic heterocycles. The minimum absolute atomic E-state index is 0.206. The van der Waals surface area contributed by atoms with Crippen LogP contribution in [0.25, 0.3) is 0 Å². The summed E-state index contributed by atoms with van der Waals surface area (Å²) in [5, 5.41) is 0. The lowest BCUT2D eigenvalue weighted by molar-refractivity contribution is 0.395. The van der Waals surface area contributed by atoms with Crippen molar-refractivity contribution in [3.05, 3.63) is 29.6 Å². The number of hydrogen-bond donors (Lipinski definition) is 1. The van der Waals surface area contributed by atoms with Crippen LogP contribution < -0.4 is 10.6 Å². The number of likely N-dealkylation sites (tertiary alicyclic amines) is 1. The van der Waals surface area contributed by atoms with Crippen LogP contribution >= 0.6 is 0 Å². The molecule has 1 fully saturated rings. The van der Waals surface area contributed by atoms with Crippen molar-refractivity contribution in [2.45, 2.75) is 19.4 Å². The molecule has 0 spiro atoms. The van der Waals surface area contributed by atoms with Crippen molar-refractivity contribution < 1.29 is 4.39 Å². The lowest BCUT2D eigenvalue weighted by atomic mass is 10.0. The maximum absolute atomic E-state index is 13.9. The molecule has 1 aliphatic rings. The molecule has 1 aliphatic heterocycles. The highest BCUT2D eigenvalue weighted by molar-refractivity contribution is 5.55. The van der Waals surface area contributed by atoms with Crippen molar-refractivity contribution in [2.75, 3.05) is 38.6 Å². The molecule has 106 valence electrons. The highest BCUT2D eigenvalue weighted by Crippen LogP contribution is 2.28. The molecule has 0 bridgehead atoms. The van der Waals surface area contributed by atoms with E-state index in [0.717, 1.165) is 25.3 Å². The van der Waals surface area contributed by atoms with E-state index in [-0.39, 0.29) is 11.9 Å². The van der Waals surface area contributed by atoms with E-state index in [2.05, 4.69) is 16.8 Å².